The van der Waals surface area contributed by atoms with Crippen LogP contribution in [0.3, 0.4) is 0 Å². The number of aliphatic carboxylic acids is 1. The maximum atomic E-state index is 13.6. The second kappa shape index (κ2) is 12.3. The maximum Gasteiger partial charge on any atom is 0.347 e. The largest absolute Gasteiger partial charge is 0.478 e. The number of hydrogen-bond donors (Lipinski definition) is 2. The molecule has 1 amide bonds. The molecule has 3 atom stereocenters. The van der Waals surface area contributed by atoms with Crippen LogP contribution >= 0.6 is 0 Å². The Hall–Kier alpha value is -4.31. The number of para-hydroxylation sites is 1. The Balaban J connectivity index is 1.97. The van der Waals surface area contributed by atoms with Crippen molar-refractivity contribution in [3.63, 3.8) is 0 Å². The first-order valence-electron chi connectivity index (χ1n) is 13.4. The lowest BCUT2D eigenvalue weighted by atomic mass is 9.77. The SMILES string of the molecule is CCOC(=O)[C@@H](C)N1C(=O)CNC(c2ccccc2)(C(Oc2nc(CC)cc(CC)n2)C(=O)O)c2ccccc21. The predicted molar refractivity (Wildman–Crippen MR) is 148 cm³/mol. The molecule has 40 heavy (non-hydrogen) atoms. The summed E-state index contributed by atoms with van der Waals surface area (Å²) in [7, 11) is 0. The van der Waals surface area contributed by atoms with E-state index in [4.69, 9.17) is 9.47 Å². The van der Waals surface area contributed by atoms with Crippen LogP contribution < -0.4 is 15.0 Å². The lowest BCUT2D eigenvalue weighted by molar-refractivity contribution is -0.149. The fourth-order valence-electron chi connectivity index (χ4n) is 5.06. The second-order valence-corrected chi connectivity index (χ2v) is 9.41. The van der Waals surface area contributed by atoms with Gasteiger partial charge < -0.3 is 14.6 Å². The molecule has 210 valence electrons. The minimum atomic E-state index is -1.60. The Labute approximate surface area is 233 Å². The molecule has 0 spiro atoms. The molecule has 1 aromatic heterocycles. The number of carbonyl (C=O) groups is 3. The fraction of sp³-hybridized carbons (Fsp3) is 0.367. The van der Waals surface area contributed by atoms with Crippen LogP contribution in [0.2, 0.25) is 0 Å². The van der Waals surface area contributed by atoms with Crippen LogP contribution in [0.15, 0.2) is 60.7 Å². The van der Waals surface area contributed by atoms with Gasteiger partial charge in [-0.1, -0.05) is 62.4 Å². The van der Waals surface area contributed by atoms with E-state index in [0.29, 0.717) is 29.7 Å². The topological polar surface area (TPSA) is 131 Å². The molecule has 2 unspecified atom stereocenters. The fourth-order valence-corrected chi connectivity index (χ4v) is 5.06. The van der Waals surface area contributed by atoms with Crippen molar-refractivity contribution < 1.29 is 29.0 Å². The van der Waals surface area contributed by atoms with Crippen molar-refractivity contribution in [3.05, 3.63) is 83.2 Å². The molecule has 2 aromatic carbocycles. The van der Waals surface area contributed by atoms with Crippen LogP contribution in [0.25, 0.3) is 0 Å². The highest BCUT2D eigenvalue weighted by molar-refractivity contribution is 6.02. The molecular formula is C30H34N4O6. The van der Waals surface area contributed by atoms with E-state index in [1.54, 1.807) is 62.4 Å². The smallest absolute Gasteiger partial charge is 0.347 e. The number of benzene rings is 2. The normalized spacial score (nSPS) is 18.3. The van der Waals surface area contributed by atoms with Crippen LogP contribution in [0.4, 0.5) is 5.69 Å². The lowest BCUT2D eigenvalue weighted by Gasteiger charge is -2.39. The molecule has 3 aromatic rings. The molecule has 10 nitrogen and oxygen atoms in total. The molecule has 2 N–H and O–H groups in total. The average molecular weight is 547 g/mol. The highest BCUT2D eigenvalue weighted by atomic mass is 16.5. The molecule has 0 fully saturated rings. The number of carboxylic acids is 1. The molecular weight excluding hydrogens is 512 g/mol. The molecule has 1 aliphatic rings. The number of nitrogens with one attached hydrogen (secondary N) is 1. The summed E-state index contributed by atoms with van der Waals surface area (Å²) >= 11 is 0. The van der Waals surface area contributed by atoms with Crippen LogP contribution in [0.1, 0.15) is 50.2 Å². The van der Waals surface area contributed by atoms with Gasteiger partial charge in [0.05, 0.1) is 18.8 Å². The summed E-state index contributed by atoms with van der Waals surface area (Å²) in [6, 6.07) is 16.7. The Morgan fingerprint density at radius 1 is 1.02 bits per heavy atom. The molecule has 0 saturated heterocycles. The summed E-state index contributed by atoms with van der Waals surface area (Å²) in [4.78, 5) is 49.8. The third-order valence-corrected chi connectivity index (χ3v) is 7.00. The number of amides is 1. The number of hydrogen-bond acceptors (Lipinski definition) is 8. The van der Waals surface area contributed by atoms with E-state index in [1.165, 1.54) is 4.90 Å². The van der Waals surface area contributed by atoms with Crippen molar-refractivity contribution in [2.45, 2.75) is 58.2 Å². The third-order valence-electron chi connectivity index (χ3n) is 7.00. The van der Waals surface area contributed by atoms with E-state index < -0.39 is 35.5 Å². The number of esters is 1. The minimum absolute atomic E-state index is 0.0643. The third kappa shape index (κ3) is 5.40. The molecule has 1 aliphatic heterocycles. The summed E-state index contributed by atoms with van der Waals surface area (Å²) in [6.07, 6.45) is -0.369. The molecule has 0 bridgehead atoms. The summed E-state index contributed by atoms with van der Waals surface area (Å²) in [6.45, 7) is 7.05. The first-order valence-corrected chi connectivity index (χ1v) is 13.4. The van der Waals surface area contributed by atoms with Crippen molar-refractivity contribution in [1.29, 1.82) is 0 Å². The van der Waals surface area contributed by atoms with Gasteiger partial charge in [0.15, 0.2) is 0 Å². The van der Waals surface area contributed by atoms with Crippen molar-refractivity contribution in [1.82, 2.24) is 15.3 Å². The van der Waals surface area contributed by atoms with Crippen molar-refractivity contribution in [2.75, 3.05) is 18.1 Å². The minimum Gasteiger partial charge on any atom is -0.478 e. The van der Waals surface area contributed by atoms with E-state index in [-0.39, 0.29) is 19.2 Å². The molecule has 0 aliphatic carbocycles. The standard InChI is InChI=1S/C30H34N4O6/c1-5-21-17-22(6-2)33-29(32-21)40-26(27(36)37)30(20-13-9-8-10-14-20)23-15-11-12-16-24(23)34(25(35)18-31-30)19(4)28(38)39-7-3/h8-17,19,26,31H,5-7,18H2,1-4H3,(H,36,37)/t19-,26?,30?/m1/s1. The number of fused-ring (bicyclic) bond motifs is 1. The van der Waals surface area contributed by atoms with Gasteiger partial charge in [-0.25, -0.2) is 19.6 Å². The molecule has 2 heterocycles. The van der Waals surface area contributed by atoms with Crippen LogP contribution in [0, 0.1) is 0 Å². The number of aryl methyl sites for hydroxylation is 2. The first kappa shape index (κ1) is 28.7. The average Bonchev–Trinajstić information content (AvgIpc) is 3.10. The first-order chi connectivity index (χ1) is 19.3. The van der Waals surface area contributed by atoms with E-state index in [1.807, 2.05) is 26.0 Å². The number of aromatic nitrogens is 2. The lowest BCUT2D eigenvalue weighted by Crippen LogP contribution is -2.58. The highest BCUT2D eigenvalue weighted by Crippen LogP contribution is 2.42. The maximum absolute atomic E-state index is 13.6. The Bertz CT molecular complexity index is 1360. The predicted octanol–water partition coefficient (Wildman–Crippen LogP) is 3.27. The van der Waals surface area contributed by atoms with Crippen molar-refractivity contribution >= 4 is 23.5 Å². The van der Waals surface area contributed by atoms with E-state index >= 15 is 0 Å². The molecule has 4 rings (SSSR count). The summed E-state index contributed by atoms with van der Waals surface area (Å²) in [5.41, 5.74) is 1.24. The number of nitrogens with zero attached hydrogens (tertiary/aromatic N) is 3. The Kier molecular flexibility index (Phi) is 8.79. The molecule has 0 radical (unpaired) electrons. The van der Waals surface area contributed by atoms with Gasteiger partial charge in [0.2, 0.25) is 12.0 Å². The number of carbonyl (C=O) groups excluding carboxylic acids is 2. The molecule has 10 heteroatoms. The van der Waals surface area contributed by atoms with Gasteiger partial charge in [0.1, 0.15) is 11.6 Å². The van der Waals surface area contributed by atoms with E-state index in [0.717, 1.165) is 11.4 Å². The van der Waals surface area contributed by atoms with Gasteiger partial charge in [-0.3, -0.25) is 15.0 Å². The quantitative estimate of drug-likeness (QED) is 0.368. The van der Waals surface area contributed by atoms with Crippen LogP contribution in [-0.4, -0.2) is 58.2 Å². The van der Waals surface area contributed by atoms with Crippen LogP contribution in [0.5, 0.6) is 6.01 Å². The highest BCUT2D eigenvalue weighted by Gasteiger charge is 2.52. The second-order valence-electron chi connectivity index (χ2n) is 9.41. The van der Waals surface area contributed by atoms with Gasteiger partial charge in [0, 0.05) is 17.0 Å². The van der Waals surface area contributed by atoms with Crippen molar-refractivity contribution in [2.24, 2.45) is 0 Å². The van der Waals surface area contributed by atoms with Crippen molar-refractivity contribution in [3.8, 4) is 6.01 Å². The number of anilines is 1. The van der Waals surface area contributed by atoms with Gasteiger partial charge in [-0.15, -0.1) is 0 Å². The summed E-state index contributed by atoms with van der Waals surface area (Å²) in [5, 5.41) is 13.9. The van der Waals surface area contributed by atoms with Gasteiger partial charge >= 0.3 is 17.9 Å². The summed E-state index contributed by atoms with van der Waals surface area (Å²) < 4.78 is 11.4. The monoisotopic (exact) mass is 546 g/mol. The molecule has 0 saturated carbocycles. The van der Waals surface area contributed by atoms with E-state index in [2.05, 4.69) is 15.3 Å². The Morgan fingerprint density at radius 2 is 1.65 bits per heavy atom. The van der Waals surface area contributed by atoms with Crippen LogP contribution in [-0.2, 0) is 37.5 Å². The number of rotatable bonds is 10. The zero-order valence-electron chi connectivity index (χ0n) is 23.1. The number of ether oxygens (including phenoxy) is 2. The zero-order chi connectivity index (χ0) is 28.9. The van der Waals surface area contributed by atoms with Gasteiger partial charge in [-0.05, 0) is 44.4 Å². The summed E-state index contributed by atoms with van der Waals surface area (Å²) in [5.74, 6) is -2.28. The van der Waals surface area contributed by atoms with E-state index in [9.17, 15) is 19.5 Å². The van der Waals surface area contributed by atoms with Gasteiger partial charge in [-0.2, -0.15) is 0 Å². The zero-order valence-corrected chi connectivity index (χ0v) is 23.1. The Morgan fingerprint density at radius 3 is 2.25 bits per heavy atom. The van der Waals surface area contributed by atoms with Gasteiger partial charge in [0.25, 0.3) is 0 Å². The number of carboxylic acid groups (broad SMARTS) is 1.